The van der Waals surface area contributed by atoms with Gasteiger partial charge in [0.15, 0.2) is 0 Å². The molecule has 7 nitrogen and oxygen atoms in total. The summed E-state index contributed by atoms with van der Waals surface area (Å²) in [6.07, 6.45) is 0. The van der Waals surface area contributed by atoms with E-state index < -0.39 is 10.0 Å². The second kappa shape index (κ2) is 9.07. The van der Waals surface area contributed by atoms with E-state index >= 15 is 0 Å². The molecule has 0 aromatic heterocycles. The Morgan fingerprint density at radius 2 is 1.81 bits per heavy atom. The largest absolute Gasteiger partial charge is 0.497 e. The molecule has 0 fully saturated rings. The second-order valence-electron chi connectivity index (χ2n) is 5.56. The van der Waals surface area contributed by atoms with Gasteiger partial charge in [-0.05, 0) is 42.5 Å². The van der Waals surface area contributed by atoms with E-state index in [0.29, 0.717) is 24.6 Å². The zero-order chi connectivity index (χ0) is 20.0. The zero-order valence-corrected chi connectivity index (χ0v) is 16.8. The van der Waals surface area contributed by atoms with Crippen molar-refractivity contribution in [3.63, 3.8) is 0 Å². The van der Waals surface area contributed by atoms with E-state index in [1.54, 1.807) is 12.1 Å². The predicted molar refractivity (Wildman–Crippen MR) is 104 cm³/mol. The maximum atomic E-state index is 12.8. The molecule has 0 saturated heterocycles. The molecular weight excluding hydrogens is 392 g/mol. The highest BCUT2D eigenvalue weighted by atomic mass is 35.5. The van der Waals surface area contributed by atoms with Crippen LogP contribution >= 0.6 is 11.6 Å². The third kappa shape index (κ3) is 4.91. The number of rotatable bonds is 8. The average molecular weight is 413 g/mol. The van der Waals surface area contributed by atoms with Crippen LogP contribution < -0.4 is 14.4 Å². The van der Waals surface area contributed by atoms with Crippen LogP contribution in [0, 0.1) is 0 Å². The van der Waals surface area contributed by atoms with Gasteiger partial charge < -0.3 is 14.8 Å². The smallest absolute Gasteiger partial charge is 0.264 e. The molecule has 0 heterocycles. The fourth-order valence-corrected chi connectivity index (χ4v) is 3.74. The van der Waals surface area contributed by atoms with E-state index in [-0.39, 0.29) is 21.4 Å². The number of methoxy groups -OCH3 is 2. The lowest BCUT2D eigenvalue weighted by Gasteiger charge is -2.20. The van der Waals surface area contributed by atoms with Crippen molar-refractivity contribution in [2.45, 2.75) is 4.90 Å². The molecule has 9 heteroatoms. The highest BCUT2D eigenvalue weighted by molar-refractivity contribution is 7.92. The number of ether oxygens (including phenoxy) is 2. The summed E-state index contributed by atoms with van der Waals surface area (Å²) in [6, 6.07) is 10.5. The van der Waals surface area contributed by atoms with Crippen LogP contribution in [0.1, 0.15) is 10.4 Å². The monoisotopic (exact) mass is 412 g/mol. The maximum Gasteiger partial charge on any atom is 0.264 e. The molecule has 0 bridgehead atoms. The summed E-state index contributed by atoms with van der Waals surface area (Å²) in [5.74, 6) is 0.202. The van der Waals surface area contributed by atoms with Crippen molar-refractivity contribution in [2.24, 2.45) is 0 Å². The van der Waals surface area contributed by atoms with Crippen molar-refractivity contribution in [3.8, 4) is 5.75 Å². The normalized spacial score (nSPS) is 11.1. The molecule has 146 valence electrons. The van der Waals surface area contributed by atoms with E-state index in [4.69, 9.17) is 21.1 Å². The minimum absolute atomic E-state index is 0.114. The van der Waals surface area contributed by atoms with E-state index in [1.165, 1.54) is 51.6 Å². The molecule has 2 rings (SSSR count). The first-order valence-corrected chi connectivity index (χ1v) is 9.82. The number of benzene rings is 2. The van der Waals surface area contributed by atoms with Crippen molar-refractivity contribution in [1.29, 1.82) is 0 Å². The van der Waals surface area contributed by atoms with Crippen LogP contribution in [0.2, 0.25) is 5.02 Å². The Hall–Kier alpha value is -2.29. The number of amides is 1. The Labute approximate surface area is 163 Å². The second-order valence-corrected chi connectivity index (χ2v) is 7.94. The van der Waals surface area contributed by atoms with E-state index in [9.17, 15) is 13.2 Å². The Bertz CT molecular complexity index is 900. The van der Waals surface area contributed by atoms with Gasteiger partial charge >= 0.3 is 0 Å². The molecule has 0 aliphatic rings. The van der Waals surface area contributed by atoms with Crippen LogP contribution in [-0.2, 0) is 14.8 Å². The van der Waals surface area contributed by atoms with Gasteiger partial charge in [0.1, 0.15) is 5.75 Å². The number of nitrogens with zero attached hydrogens (tertiary/aromatic N) is 1. The van der Waals surface area contributed by atoms with Gasteiger partial charge in [0, 0.05) is 20.7 Å². The van der Waals surface area contributed by atoms with Crippen LogP contribution in [0.25, 0.3) is 0 Å². The van der Waals surface area contributed by atoms with Crippen LogP contribution in [0.3, 0.4) is 0 Å². The summed E-state index contributed by atoms with van der Waals surface area (Å²) in [4.78, 5) is 12.2. The summed E-state index contributed by atoms with van der Waals surface area (Å²) >= 11 is 6.19. The molecule has 0 aliphatic carbocycles. The van der Waals surface area contributed by atoms with Crippen molar-refractivity contribution in [1.82, 2.24) is 5.32 Å². The summed E-state index contributed by atoms with van der Waals surface area (Å²) in [5, 5.41) is 2.82. The van der Waals surface area contributed by atoms with Gasteiger partial charge in [0.25, 0.3) is 15.9 Å². The number of halogens is 1. The van der Waals surface area contributed by atoms with E-state index in [0.717, 1.165) is 4.31 Å². The van der Waals surface area contributed by atoms with Gasteiger partial charge in [-0.15, -0.1) is 0 Å². The zero-order valence-electron chi connectivity index (χ0n) is 15.2. The third-order valence-electron chi connectivity index (χ3n) is 3.87. The summed E-state index contributed by atoms with van der Waals surface area (Å²) in [6.45, 7) is 0.726. The van der Waals surface area contributed by atoms with E-state index in [1.807, 2.05) is 0 Å². The first-order valence-electron chi connectivity index (χ1n) is 8.01. The van der Waals surface area contributed by atoms with Crippen molar-refractivity contribution in [3.05, 3.63) is 53.1 Å². The van der Waals surface area contributed by atoms with Gasteiger partial charge in [0.05, 0.1) is 34.9 Å². The lowest BCUT2D eigenvalue weighted by atomic mass is 10.2. The Kier molecular flexibility index (Phi) is 7.06. The molecule has 0 aliphatic heterocycles. The third-order valence-corrected chi connectivity index (χ3v) is 5.98. The number of carbonyl (C=O) groups is 1. The first-order chi connectivity index (χ1) is 12.8. The van der Waals surface area contributed by atoms with E-state index in [2.05, 4.69) is 5.32 Å². The topological polar surface area (TPSA) is 84.9 Å². The number of sulfonamides is 1. The highest BCUT2D eigenvalue weighted by Gasteiger charge is 2.22. The number of anilines is 1. The predicted octanol–water partition coefficient (Wildman–Crippen LogP) is 2.55. The van der Waals surface area contributed by atoms with Gasteiger partial charge in [-0.2, -0.15) is 0 Å². The first kappa shape index (κ1) is 21.0. The highest BCUT2D eigenvalue weighted by Crippen LogP contribution is 2.27. The molecule has 0 radical (unpaired) electrons. The van der Waals surface area contributed by atoms with Crippen LogP contribution in [-0.4, -0.2) is 48.7 Å². The average Bonchev–Trinajstić information content (AvgIpc) is 2.67. The summed E-state index contributed by atoms with van der Waals surface area (Å²) < 4.78 is 36.6. The van der Waals surface area contributed by atoms with Crippen molar-refractivity contribution in [2.75, 3.05) is 38.7 Å². The molecule has 0 saturated carbocycles. The van der Waals surface area contributed by atoms with Crippen LogP contribution in [0.4, 0.5) is 5.69 Å². The van der Waals surface area contributed by atoms with Gasteiger partial charge in [0.2, 0.25) is 0 Å². The summed E-state index contributed by atoms with van der Waals surface area (Å²) in [7, 11) is 0.677. The Morgan fingerprint density at radius 3 is 2.37 bits per heavy atom. The fraction of sp³-hybridized carbons (Fsp3) is 0.278. The van der Waals surface area contributed by atoms with Gasteiger partial charge in [-0.25, -0.2) is 8.42 Å². The summed E-state index contributed by atoms with van der Waals surface area (Å²) in [5.41, 5.74) is 0.594. The Balaban J connectivity index is 2.23. The molecular formula is C18H21ClN2O5S. The number of carbonyl (C=O) groups excluding carboxylic acids is 1. The quantitative estimate of drug-likeness (QED) is 0.673. The van der Waals surface area contributed by atoms with Gasteiger partial charge in [-0.3, -0.25) is 9.10 Å². The van der Waals surface area contributed by atoms with Crippen LogP contribution in [0.15, 0.2) is 47.4 Å². The standard InChI is InChI=1S/C18H21ClN2O5S/c1-21(27(23,24)15-7-5-14(26-3)6-8-15)13-4-9-16(17(19)12-13)18(22)20-10-11-25-2/h4-9,12H,10-11H2,1-3H3,(H,20,22). The minimum atomic E-state index is -3.78. The molecule has 2 aromatic carbocycles. The number of hydrogen-bond acceptors (Lipinski definition) is 5. The van der Waals surface area contributed by atoms with Gasteiger partial charge in [-0.1, -0.05) is 11.6 Å². The van der Waals surface area contributed by atoms with Crippen molar-refractivity contribution < 1.29 is 22.7 Å². The lowest BCUT2D eigenvalue weighted by Crippen LogP contribution is -2.28. The molecule has 0 spiro atoms. The Morgan fingerprint density at radius 1 is 1.15 bits per heavy atom. The fourth-order valence-electron chi connectivity index (χ4n) is 2.29. The minimum Gasteiger partial charge on any atom is -0.497 e. The SMILES string of the molecule is COCCNC(=O)c1ccc(N(C)S(=O)(=O)c2ccc(OC)cc2)cc1Cl. The number of nitrogens with one attached hydrogen (secondary N) is 1. The molecule has 27 heavy (non-hydrogen) atoms. The van der Waals surface area contributed by atoms with Crippen molar-refractivity contribution >= 4 is 33.2 Å². The van der Waals surface area contributed by atoms with Crippen LogP contribution in [0.5, 0.6) is 5.75 Å². The molecule has 0 atom stereocenters. The lowest BCUT2D eigenvalue weighted by molar-refractivity contribution is 0.0937. The maximum absolute atomic E-state index is 12.8. The molecule has 1 N–H and O–H groups in total. The molecule has 2 aromatic rings. The number of hydrogen-bond donors (Lipinski definition) is 1. The molecule has 0 unspecified atom stereocenters. The molecule has 1 amide bonds.